The van der Waals surface area contributed by atoms with Crippen molar-refractivity contribution in [3.8, 4) is 0 Å². The highest BCUT2D eigenvalue weighted by atomic mass is 32.2. The number of hydrogen-bond acceptors (Lipinski definition) is 2. The summed E-state index contributed by atoms with van der Waals surface area (Å²) < 4.78 is 0. The summed E-state index contributed by atoms with van der Waals surface area (Å²) in [5.41, 5.74) is 4.23. The van der Waals surface area contributed by atoms with Crippen LogP contribution >= 0.6 is 11.8 Å². The van der Waals surface area contributed by atoms with Gasteiger partial charge >= 0.3 is 0 Å². The van der Waals surface area contributed by atoms with Crippen LogP contribution in [0.3, 0.4) is 0 Å². The predicted octanol–water partition coefficient (Wildman–Crippen LogP) is 4.63. The van der Waals surface area contributed by atoms with Crippen molar-refractivity contribution >= 4 is 11.8 Å². The minimum absolute atomic E-state index is 0.468. The van der Waals surface area contributed by atoms with Crippen LogP contribution < -0.4 is 5.32 Å². The van der Waals surface area contributed by atoms with Crippen molar-refractivity contribution in [1.29, 1.82) is 0 Å². The molecule has 19 heavy (non-hydrogen) atoms. The van der Waals surface area contributed by atoms with Gasteiger partial charge in [0.15, 0.2) is 0 Å². The fourth-order valence-electron chi connectivity index (χ4n) is 3.23. The van der Waals surface area contributed by atoms with Gasteiger partial charge in [0.2, 0.25) is 0 Å². The van der Waals surface area contributed by atoms with E-state index in [2.05, 4.69) is 63.0 Å². The minimum atomic E-state index is 0.468. The van der Waals surface area contributed by atoms with Gasteiger partial charge in [0.25, 0.3) is 0 Å². The SMILES string of the molecule is CCSC1CCC(NC(C)c2ccc(C)cc2C)C1. The third-order valence-electron chi connectivity index (χ3n) is 4.16. The monoisotopic (exact) mass is 277 g/mol. The molecule has 1 aromatic rings. The average molecular weight is 277 g/mol. The predicted molar refractivity (Wildman–Crippen MR) is 87.0 cm³/mol. The number of benzene rings is 1. The maximum Gasteiger partial charge on any atom is 0.0296 e. The molecule has 2 heteroatoms. The summed E-state index contributed by atoms with van der Waals surface area (Å²) in [6, 6.07) is 7.98. The van der Waals surface area contributed by atoms with Crippen molar-refractivity contribution in [3.05, 3.63) is 34.9 Å². The molecule has 0 aliphatic heterocycles. The van der Waals surface area contributed by atoms with E-state index in [0.29, 0.717) is 12.1 Å². The molecular formula is C17H27NS. The summed E-state index contributed by atoms with van der Waals surface area (Å²) in [6.45, 7) is 8.96. The number of thioether (sulfide) groups is 1. The van der Waals surface area contributed by atoms with Crippen molar-refractivity contribution < 1.29 is 0 Å². The quantitative estimate of drug-likeness (QED) is 0.842. The second-order valence-electron chi connectivity index (χ2n) is 5.84. The van der Waals surface area contributed by atoms with E-state index in [0.717, 1.165) is 5.25 Å². The second-order valence-corrected chi connectivity index (χ2v) is 7.41. The zero-order valence-electron chi connectivity index (χ0n) is 12.7. The van der Waals surface area contributed by atoms with E-state index in [9.17, 15) is 0 Å². The highest BCUT2D eigenvalue weighted by Gasteiger charge is 2.25. The Kier molecular flexibility index (Phi) is 5.35. The van der Waals surface area contributed by atoms with Gasteiger partial charge in [-0.3, -0.25) is 0 Å². The third kappa shape index (κ3) is 4.00. The van der Waals surface area contributed by atoms with Crippen LogP contribution in [0.4, 0.5) is 0 Å². The van der Waals surface area contributed by atoms with Crippen molar-refractivity contribution in [2.75, 3.05) is 5.75 Å². The maximum atomic E-state index is 3.83. The molecule has 1 saturated carbocycles. The van der Waals surface area contributed by atoms with E-state index in [1.807, 2.05) is 0 Å². The largest absolute Gasteiger partial charge is 0.307 e. The lowest BCUT2D eigenvalue weighted by Gasteiger charge is -2.22. The van der Waals surface area contributed by atoms with Gasteiger partial charge in [-0.25, -0.2) is 0 Å². The van der Waals surface area contributed by atoms with Crippen LogP contribution in [0.15, 0.2) is 18.2 Å². The Balaban J connectivity index is 1.92. The summed E-state index contributed by atoms with van der Waals surface area (Å²) in [4.78, 5) is 0. The Morgan fingerprint density at radius 3 is 2.79 bits per heavy atom. The van der Waals surface area contributed by atoms with E-state index in [-0.39, 0.29) is 0 Å². The molecule has 0 aromatic heterocycles. The number of aryl methyl sites for hydroxylation is 2. The molecule has 106 valence electrons. The lowest BCUT2D eigenvalue weighted by Crippen LogP contribution is -2.30. The van der Waals surface area contributed by atoms with E-state index >= 15 is 0 Å². The molecule has 0 saturated heterocycles. The van der Waals surface area contributed by atoms with Gasteiger partial charge in [-0.2, -0.15) is 11.8 Å². The van der Waals surface area contributed by atoms with Gasteiger partial charge in [-0.1, -0.05) is 30.7 Å². The lowest BCUT2D eigenvalue weighted by molar-refractivity contribution is 0.461. The fraction of sp³-hybridized carbons (Fsp3) is 0.647. The Bertz CT molecular complexity index is 416. The molecule has 0 bridgehead atoms. The van der Waals surface area contributed by atoms with Crippen molar-refractivity contribution in [3.63, 3.8) is 0 Å². The molecule has 1 N–H and O–H groups in total. The average Bonchev–Trinajstić information content (AvgIpc) is 2.76. The van der Waals surface area contributed by atoms with Gasteiger partial charge in [0.1, 0.15) is 0 Å². The van der Waals surface area contributed by atoms with E-state index in [1.165, 1.54) is 41.7 Å². The molecule has 0 radical (unpaired) electrons. The molecule has 2 rings (SSSR count). The maximum absolute atomic E-state index is 3.83. The van der Waals surface area contributed by atoms with Gasteiger partial charge < -0.3 is 5.32 Å². The first-order chi connectivity index (χ1) is 9.10. The Labute approximate surface area is 122 Å². The molecule has 3 unspecified atom stereocenters. The van der Waals surface area contributed by atoms with Gasteiger partial charge in [-0.15, -0.1) is 0 Å². The topological polar surface area (TPSA) is 12.0 Å². The van der Waals surface area contributed by atoms with Crippen LogP contribution in [0, 0.1) is 13.8 Å². The summed E-state index contributed by atoms with van der Waals surface area (Å²) >= 11 is 2.13. The van der Waals surface area contributed by atoms with E-state index < -0.39 is 0 Å². The standard InChI is InChI=1S/C17H27NS/c1-5-19-16-8-7-15(11-16)18-14(4)17-9-6-12(2)10-13(17)3/h6,9-10,14-16,18H,5,7-8,11H2,1-4H3. The summed E-state index contributed by atoms with van der Waals surface area (Å²) in [5.74, 6) is 1.25. The minimum Gasteiger partial charge on any atom is -0.307 e. The molecule has 1 nitrogen and oxygen atoms in total. The zero-order chi connectivity index (χ0) is 13.8. The highest BCUT2D eigenvalue weighted by molar-refractivity contribution is 7.99. The van der Waals surface area contributed by atoms with Crippen molar-refractivity contribution in [1.82, 2.24) is 5.32 Å². The Hall–Kier alpha value is -0.470. The Morgan fingerprint density at radius 2 is 2.11 bits per heavy atom. The van der Waals surface area contributed by atoms with Crippen LogP contribution in [0.1, 0.15) is 55.8 Å². The van der Waals surface area contributed by atoms with Crippen LogP contribution in [0.2, 0.25) is 0 Å². The van der Waals surface area contributed by atoms with Crippen molar-refractivity contribution in [2.45, 2.75) is 64.3 Å². The Morgan fingerprint density at radius 1 is 1.32 bits per heavy atom. The van der Waals surface area contributed by atoms with E-state index in [1.54, 1.807) is 0 Å². The van der Waals surface area contributed by atoms with Crippen LogP contribution in [0.5, 0.6) is 0 Å². The zero-order valence-corrected chi connectivity index (χ0v) is 13.5. The molecule has 0 amide bonds. The van der Waals surface area contributed by atoms with Crippen LogP contribution in [0.25, 0.3) is 0 Å². The highest BCUT2D eigenvalue weighted by Crippen LogP contribution is 2.31. The fourth-order valence-corrected chi connectivity index (χ4v) is 4.38. The molecule has 1 aliphatic carbocycles. The van der Waals surface area contributed by atoms with Crippen LogP contribution in [-0.2, 0) is 0 Å². The summed E-state index contributed by atoms with van der Waals surface area (Å²) in [6.07, 6.45) is 4.07. The van der Waals surface area contributed by atoms with Gasteiger partial charge in [-0.05, 0) is 56.9 Å². The second kappa shape index (κ2) is 6.81. The third-order valence-corrected chi connectivity index (χ3v) is 5.40. The van der Waals surface area contributed by atoms with E-state index in [4.69, 9.17) is 0 Å². The normalized spacial score (nSPS) is 24.6. The number of hydrogen-bond donors (Lipinski definition) is 1. The number of rotatable bonds is 5. The smallest absolute Gasteiger partial charge is 0.0296 e. The molecule has 0 heterocycles. The van der Waals surface area contributed by atoms with Gasteiger partial charge in [0, 0.05) is 17.3 Å². The molecular weight excluding hydrogens is 250 g/mol. The molecule has 1 aliphatic rings. The first-order valence-electron chi connectivity index (χ1n) is 7.55. The molecule has 1 aromatic carbocycles. The first kappa shape index (κ1) is 14.9. The summed E-state index contributed by atoms with van der Waals surface area (Å²) in [5, 5.41) is 4.71. The van der Waals surface area contributed by atoms with Gasteiger partial charge in [0.05, 0.1) is 0 Å². The first-order valence-corrected chi connectivity index (χ1v) is 8.59. The van der Waals surface area contributed by atoms with Crippen LogP contribution in [-0.4, -0.2) is 17.0 Å². The van der Waals surface area contributed by atoms with Crippen molar-refractivity contribution in [2.24, 2.45) is 0 Å². The molecule has 3 atom stereocenters. The summed E-state index contributed by atoms with van der Waals surface area (Å²) in [7, 11) is 0. The molecule has 0 spiro atoms. The lowest BCUT2D eigenvalue weighted by atomic mass is 9.99. The molecule has 1 fully saturated rings. The number of nitrogens with one attached hydrogen (secondary N) is 1.